The molecule has 230 valence electrons. The highest BCUT2D eigenvalue weighted by atomic mass is 35.5. The zero-order chi connectivity index (χ0) is 31.2. The third kappa shape index (κ3) is 8.02. The minimum Gasteiger partial charge on any atom is -0.497 e. The predicted molar refractivity (Wildman–Crippen MR) is 170 cm³/mol. The molecule has 1 saturated heterocycles. The molecule has 1 aromatic heterocycles. The van der Waals surface area contributed by atoms with E-state index in [0.717, 1.165) is 40.1 Å². The van der Waals surface area contributed by atoms with E-state index in [-0.39, 0.29) is 5.97 Å². The van der Waals surface area contributed by atoms with Gasteiger partial charge in [-0.1, -0.05) is 35.9 Å². The van der Waals surface area contributed by atoms with Crippen molar-refractivity contribution in [3.63, 3.8) is 0 Å². The molecule has 1 aliphatic heterocycles. The van der Waals surface area contributed by atoms with Crippen molar-refractivity contribution in [3.05, 3.63) is 76.4 Å². The molecule has 10 heteroatoms. The van der Waals surface area contributed by atoms with Crippen LogP contribution in [0.25, 0.3) is 0 Å². The summed E-state index contributed by atoms with van der Waals surface area (Å²) in [5.41, 5.74) is 2.85. The summed E-state index contributed by atoms with van der Waals surface area (Å²) < 4.78 is 28.5. The molecule has 0 radical (unpaired) electrons. The monoisotopic (exact) mass is 608 g/mol. The van der Waals surface area contributed by atoms with E-state index in [2.05, 4.69) is 4.90 Å². The molecule has 3 aromatic rings. The summed E-state index contributed by atoms with van der Waals surface area (Å²) in [5.74, 6) is 2.08. The molecule has 0 bridgehead atoms. The second-order valence-electron chi connectivity index (χ2n) is 11.8. The Labute approximate surface area is 260 Å². The molecule has 0 aliphatic carbocycles. The molecular weight excluding hydrogens is 567 g/mol. The van der Waals surface area contributed by atoms with Crippen LogP contribution in [-0.2, 0) is 38.4 Å². The van der Waals surface area contributed by atoms with Gasteiger partial charge >= 0.3 is 13.1 Å². The lowest BCUT2D eigenvalue weighted by Crippen LogP contribution is -2.41. The lowest BCUT2D eigenvalue weighted by atomic mass is 9.75. The number of unbranched alkanes of at least 4 members (excludes halogenated alkanes) is 1. The number of methoxy groups -OCH3 is 3. The van der Waals surface area contributed by atoms with Gasteiger partial charge < -0.3 is 28.4 Å². The first-order valence-corrected chi connectivity index (χ1v) is 15.0. The van der Waals surface area contributed by atoms with Crippen molar-refractivity contribution in [1.82, 2.24) is 4.98 Å². The molecule has 0 spiro atoms. The van der Waals surface area contributed by atoms with Crippen LogP contribution in [0, 0.1) is 0 Å². The topological polar surface area (TPSA) is 79.4 Å². The summed E-state index contributed by atoms with van der Waals surface area (Å²) >= 11 is 6.98. The lowest BCUT2D eigenvalue weighted by molar-refractivity contribution is -0.140. The number of benzene rings is 2. The van der Waals surface area contributed by atoms with Crippen LogP contribution in [0.3, 0.4) is 0 Å². The summed E-state index contributed by atoms with van der Waals surface area (Å²) in [5, 5.41) is 0.398. The Morgan fingerprint density at radius 1 is 0.860 bits per heavy atom. The maximum absolute atomic E-state index is 11.7. The highest BCUT2D eigenvalue weighted by Crippen LogP contribution is 2.37. The van der Waals surface area contributed by atoms with Gasteiger partial charge in [-0.15, -0.1) is 0 Å². The molecule has 8 nitrogen and oxygen atoms in total. The number of hydrogen-bond donors (Lipinski definition) is 0. The van der Waals surface area contributed by atoms with Gasteiger partial charge in [0.2, 0.25) is 0 Å². The van der Waals surface area contributed by atoms with Gasteiger partial charge in [0.05, 0.1) is 32.5 Å². The summed E-state index contributed by atoms with van der Waals surface area (Å²) in [7, 11) is 4.10. The van der Waals surface area contributed by atoms with Crippen molar-refractivity contribution in [3.8, 4) is 11.5 Å². The van der Waals surface area contributed by atoms with E-state index < -0.39 is 18.3 Å². The molecule has 0 saturated carbocycles. The number of hydrogen-bond acceptors (Lipinski definition) is 8. The Bertz CT molecular complexity index is 1320. The SMILES string of the molecule is COC(=O)CCCCc1c(B2OC(C)(C)C(C)(C)O2)cc(N(Cc2ccc(OC)cc2)Cc2ccc(OC)cc2)nc1Cl. The number of esters is 1. The standard InChI is InChI=1S/C33H42BClN2O6/c1-32(2)33(3,4)43-34(42-32)28-20-29(36-31(35)27(28)10-8-9-11-30(38)41-7)37(21-23-12-16-25(39-5)17-13-23)22-24-14-18-26(40-6)19-15-24/h12-20H,8-11,21-22H2,1-7H3. The van der Waals surface area contributed by atoms with Crippen molar-refractivity contribution < 1.29 is 28.3 Å². The summed E-state index contributed by atoms with van der Waals surface area (Å²) in [6, 6.07) is 18.0. The molecule has 0 unspecified atom stereocenters. The van der Waals surface area contributed by atoms with Crippen LogP contribution in [0.2, 0.25) is 5.15 Å². The Balaban J connectivity index is 1.73. The first-order valence-electron chi connectivity index (χ1n) is 14.6. The van der Waals surface area contributed by atoms with Gasteiger partial charge in [0.1, 0.15) is 22.5 Å². The Kier molecular flexibility index (Phi) is 10.6. The van der Waals surface area contributed by atoms with Crippen molar-refractivity contribution >= 4 is 36.0 Å². The number of anilines is 1. The highest BCUT2D eigenvalue weighted by molar-refractivity contribution is 6.63. The van der Waals surface area contributed by atoms with Crippen molar-refractivity contribution in [2.45, 2.75) is 77.7 Å². The maximum Gasteiger partial charge on any atom is 0.495 e. The predicted octanol–water partition coefficient (Wildman–Crippen LogP) is 6.14. The van der Waals surface area contributed by atoms with Crippen LogP contribution in [0.15, 0.2) is 54.6 Å². The molecule has 1 aliphatic rings. The average Bonchev–Trinajstić information content (AvgIpc) is 3.21. The zero-order valence-electron chi connectivity index (χ0n) is 26.2. The lowest BCUT2D eigenvalue weighted by Gasteiger charge is -2.32. The third-order valence-electron chi connectivity index (χ3n) is 8.28. The fourth-order valence-corrected chi connectivity index (χ4v) is 5.22. The summed E-state index contributed by atoms with van der Waals surface area (Å²) in [6.45, 7) is 9.30. The van der Waals surface area contributed by atoms with E-state index in [1.54, 1.807) is 14.2 Å². The minimum absolute atomic E-state index is 0.224. The fourth-order valence-electron chi connectivity index (χ4n) is 4.93. The van der Waals surface area contributed by atoms with Gasteiger partial charge in [-0.3, -0.25) is 4.79 Å². The second kappa shape index (κ2) is 14.0. The minimum atomic E-state index is -0.622. The number of rotatable bonds is 13. The smallest absolute Gasteiger partial charge is 0.495 e. The van der Waals surface area contributed by atoms with E-state index >= 15 is 0 Å². The molecular formula is C33H42BClN2O6. The van der Waals surface area contributed by atoms with E-state index in [4.69, 9.17) is 40.1 Å². The van der Waals surface area contributed by atoms with E-state index in [0.29, 0.717) is 43.3 Å². The normalized spacial score (nSPS) is 15.3. The van der Waals surface area contributed by atoms with Crippen LogP contribution >= 0.6 is 11.6 Å². The molecule has 1 fully saturated rings. The van der Waals surface area contributed by atoms with Gasteiger partial charge in [0.15, 0.2) is 0 Å². The fraction of sp³-hybridized carbons (Fsp3) is 0.455. The molecule has 4 rings (SSSR count). The number of halogens is 1. The Morgan fingerprint density at radius 3 is 1.84 bits per heavy atom. The van der Waals surface area contributed by atoms with Gasteiger partial charge in [-0.2, -0.15) is 0 Å². The van der Waals surface area contributed by atoms with E-state index in [1.165, 1.54) is 7.11 Å². The molecule has 0 atom stereocenters. The first-order chi connectivity index (χ1) is 20.5. The van der Waals surface area contributed by atoms with Crippen LogP contribution in [0.1, 0.15) is 63.6 Å². The van der Waals surface area contributed by atoms with Gasteiger partial charge in [0.25, 0.3) is 0 Å². The molecule has 0 N–H and O–H groups in total. The number of carbonyl (C=O) groups is 1. The third-order valence-corrected chi connectivity index (χ3v) is 8.59. The van der Waals surface area contributed by atoms with Crippen molar-refractivity contribution in [2.24, 2.45) is 0 Å². The second-order valence-corrected chi connectivity index (χ2v) is 12.1. The van der Waals surface area contributed by atoms with Gasteiger partial charge in [0, 0.05) is 19.5 Å². The zero-order valence-corrected chi connectivity index (χ0v) is 27.0. The molecule has 0 amide bonds. The van der Waals surface area contributed by atoms with Crippen LogP contribution in [0.5, 0.6) is 11.5 Å². The average molecular weight is 609 g/mol. The number of ether oxygens (including phenoxy) is 3. The number of pyridine rings is 1. The van der Waals surface area contributed by atoms with Crippen LogP contribution < -0.4 is 19.8 Å². The largest absolute Gasteiger partial charge is 0.497 e. The molecule has 2 heterocycles. The quantitative estimate of drug-likeness (QED) is 0.0991. The Hall–Kier alpha value is -3.27. The first kappa shape index (κ1) is 32.6. The highest BCUT2D eigenvalue weighted by Gasteiger charge is 2.52. The van der Waals surface area contributed by atoms with Crippen LogP contribution in [0.4, 0.5) is 5.82 Å². The summed E-state index contributed by atoms with van der Waals surface area (Å²) in [4.78, 5) is 18.8. The van der Waals surface area contributed by atoms with Gasteiger partial charge in [-0.05, 0) is 99.4 Å². The maximum atomic E-state index is 11.7. The molecule has 43 heavy (non-hydrogen) atoms. The molecule has 2 aromatic carbocycles. The number of aromatic nitrogens is 1. The van der Waals surface area contributed by atoms with Crippen LogP contribution in [-0.4, -0.2) is 50.6 Å². The number of nitrogens with zero attached hydrogens (tertiary/aromatic N) is 2. The number of carbonyl (C=O) groups excluding carboxylic acids is 1. The van der Waals surface area contributed by atoms with Crippen molar-refractivity contribution in [1.29, 1.82) is 0 Å². The Morgan fingerprint density at radius 2 is 1.37 bits per heavy atom. The van der Waals surface area contributed by atoms with E-state index in [1.807, 2.05) is 82.3 Å². The van der Waals surface area contributed by atoms with Crippen molar-refractivity contribution in [2.75, 3.05) is 26.2 Å². The van der Waals surface area contributed by atoms with E-state index in [9.17, 15) is 4.79 Å². The van der Waals surface area contributed by atoms with Gasteiger partial charge in [-0.25, -0.2) is 4.98 Å². The summed E-state index contributed by atoms with van der Waals surface area (Å²) in [6.07, 6.45) is 2.39.